The summed E-state index contributed by atoms with van der Waals surface area (Å²) in [7, 11) is -3.62. The lowest BCUT2D eigenvalue weighted by Gasteiger charge is -2.07. The van der Waals surface area contributed by atoms with E-state index in [9.17, 15) is 13.2 Å². The first-order valence-electron chi connectivity index (χ1n) is 9.53. The van der Waals surface area contributed by atoms with Gasteiger partial charge in [-0.1, -0.05) is 24.3 Å². The molecule has 4 rings (SSSR count). The molecule has 0 unspecified atom stereocenters. The smallest absolute Gasteiger partial charge is 0.291 e. The molecule has 158 valence electrons. The highest BCUT2D eigenvalue weighted by Crippen LogP contribution is 2.25. The van der Waals surface area contributed by atoms with Crippen LogP contribution in [0.2, 0.25) is 0 Å². The average Bonchev–Trinajstić information content (AvgIpc) is 3.35. The number of carbonyl (C=O) groups excluding carboxylic acids is 1. The molecule has 0 spiro atoms. The molecule has 1 N–H and O–H groups in total. The summed E-state index contributed by atoms with van der Waals surface area (Å²) in [5.41, 5.74) is 2.30. The minimum absolute atomic E-state index is 0.0484. The van der Waals surface area contributed by atoms with Crippen LogP contribution in [0, 0.1) is 13.8 Å². The second kappa shape index (κ2) is 8.23. The molecular weight excluding hydrogens is 416 g/mol. The van der Waals surface area contributed by atoms with Gasteiger partial charge in [-0.3, -0.25) is 4.79 Å². The Morgan fingerprint density at radius 1 is 1.03 bits per heavy atom. The van der Waals surface area contributed by atoms with E-state index in [0.29, 0.717) is 17.1 Å². The first-order valence-corrected chi connectivity index (χ1v) is 11.2. The van der Waals surface area contributed by atoms with Gasteiger partial charge in [0.1, 0.15) is 5.76 Å². The van der Waals surface area contributed by atoms with Crippen molar-refractivity contribution in [1.29, 1.82) is 0 Å². The van der Waals surface area contributed by atoms with E-state index >= 15 is 0 Å². The van der Waals surface area contributed by atoms with Gasteiger partial charge in [-0.15, -0.1) is 0 Å². The number of aryl methyl sites for hydroxylation is 2. The lowest BCUT2D eigenvalue weighted by molar-refractivity contribution is 0.0996. The van der Waals surface area contributed by atoms with Crippen molar-refractivity contribution in [2.24, 2.45) is 0 Å². The Hall–Kier alpha value is -3.65. The van der Waals surface area contributed by atoms with Crippen LogP contribution in [-0.2, 0) is 15.6 Å². The van der Waals surface area contributed by atoms with Crippen LogP contribution in [0.4, 0.5) is 5.69 Å². The summed E-state index contributed by atoms with van der Waals surface area (Å²) in [5.74, 6) is 0.251. The fourth-order valence-electron chi connectivity index (χ4n) is 3.08. The van der Waals surface area contributed by atoms with Gasteiger partial charge in [-0.25, -0.2) is 13.4 Å². The highest BCUT2D eigenvalue weighted by molar-refractivity contribution is 7.90. The number of hydrogen-bond donors (Lipinski definition) is 1. The summed E-state index contributed by atoms with van der Waals surface area (Å²) in [6.45, 7) is 3.69. The van der Waals surface area contributed by atoms with Crippen molar-refractivity contribution in [1.82, 2.24) is 4.98 Å². The molecule has 31 heavy (non-hydrogen) atoms. The number of benzene rings is 2. The Kier molecular flexibility index (Phi) is 5.48. The van der Waals surface area contributed by atoms with E-state index in [1.165, 1.54) is 24.5 Å². The number of anilines is 1. The van der Waals surface area contributed by atoms with E-state index in [-0.39, 0.29) is 22.0 Å². The molecule has 0 aliphatic heterocycles. The number of rotatable bonds is 6. The second-order valence-electron chi connectivity index (χ2n) is 7.04. The first kappa shape index (κ1) is 20.6. The fourth-order valence-corrected chi connectivity index (χ4v) is 4.45. The molecule has 0 bridgehead atoms. The molecule has 0 saturated carbocycles. The van der Waals surface area contributed by atoms with Gasteiger partial charge >= 0.3 is 0 Å². The van der Waals surface area contributed by atoms with Gasteiger partial charge in [0.2, 0.25) is 5.89 Å². The minimum Gasteiger partial charge on any atom is -0.459 e. The number of hydrogen-bond acceptors (Lipinski definition) is 6. The van der Waals surface area contributed by atoms with Crippen molar-refractivity contribution in [3.05, 3.63) is 89.7 Å². The summed E-state index contributed by atoms with van der Waals surface area (Å²) in [6, 6.07) is 16.6. The highest BCUT2D eigenvalue weighted by Gasteiger charge is 2.22. The highest BCUT2D eigenvalue weighted by atomic mass is 32.2. The third kappa shape index (κ3) is 4.44. The summed E-state index contributed by atoms with van der Waals surface area (Å²) >= 11 is 0. The van der Waals surface area contributed by atoms with Gasteiger partial charge in [0.25, 0.3) is 5.91 Å². The number of nitrogens with one attached hydrogen (secondary N) is 1. The van der Waals surface area contributed by atoms with Gasteiger partial charge in [0.05, 0.1) is 22.6 Å². The van der Waals surface area contributed by atoms with Gasteiger partial charge in [-0.05, 0) is 50.2 Å². The van der Waals surface area contributed by atoms with Crippen LogP contribution in [0.15, 0.2) is 80.7 Å². The molecule has 0 aliphatic carbocycles. The van der Waals surface area contributed by atoms with Crippen LogP contribution in [0.1, 0.15) is 27.6 Å². The minimum atomic E-state index is -3.62. The van der Waals surface area contributed by atoms with Gasteiger partial charge < -0.3 is 14.2 Å². The van der Waals surface area contributed by atoms with E-state index in [1.807, 2.05) is 19.9 Å². The maximum atomic E-state index is 12.8. The number of oxazole rings is 1. The van der Waals surface area contributed by atoms with Gasteiger partial charge in [0, 0.05) is 16.8 Å². The molecule has 0 fully saturated rings. The molecular formula is C23H20N2O5S. The van der Waals surface area contributed by atoms with Crippen LogP contribution < -0.4 is 5.32 Å². The van der Waals surface area contributed by atoms with Gasteiger partial charge in [-0.2, -0.15) is 0 Å². The zero-order valence-electron chi connectivity index (χ0n) is 17.0. The zero-order chi connectivity index (χ0) is 22.0. The van der Waals surface area contributed by atoms with E-state index in [1.54, 1.807) is 36.4 Å². The van der Waals surface area contributed by atoms with E-state index < -0.39 is 15.7 Å². The lowest BCUT2D eigenvalue weighted by Crippen LogP contribution is -2.14. The van der Waals surface area contributed by atoms with E-state index in [2.05, 4.69) is 10.3 Å². The predicted molar refractivity (Wildman–Crippen MR) is 115 cm³/mol. The van der Waals surface area contributed by atoms with Crippen LogP contribution in [0.5, 0.6) is 0 Å². The lowest BCUT2D eigenvalue weighted by atomic mass is 10.2. The Morgan fingerprint density at radius 2 is 1.81 bits per heavy atom. The maximum absolute atomic E-state index is 12.8. The Labute approximate surface area is 179 Å². The fraction of sp³-hybridized carbons (Fsp3) is 0.130. The molecule has 0 atom stereocenters. The largest absolute Gasteiger partial charge is 0.459 e. The summed E-state index contributed by atoms with van der Waals surface area (Å²) in [4.78, 5) is 17.3. The third-order valence-electron chi connectivity index (χ3n) is 4.80. The molecule has 1 amide bonds. The Morgan fingerprint density at radius 3 is 2.52 bits per heavy atom. The molecule has 8 heteroatoms. The van der Waals surface area contributed by atoms with Crippen molar-refractivity contribution in [2.45, 2.75) is 24.5 Å². The first-order chi connectivity index (χ1) is 14.8. The molecule has 2 heterocycles. The SMILES string of the molecule is Cc1nc(-c2cccc(NC(=O)c3occc3CS(=O)(=O)c3ccccc3)c2)oc1C. The summed E-state index contributed by atoms with van der Waals surface area (Å²) < 4.78 is 36.3. The van der Waals surface area contributed by atoms with Crippen molar-refractivity contribution >= 4 is 21.4 Å². The van der Waals surface area contributed by atoms with Crippen LogP contribution in [0.25, 0.3) is 11.5 Å². The van der Waals surface area contributed by atoms with Crippen LogP contribution >= 0.6 is 0 Å². The van der Waals surface area contributed by atoms with Crippen molar-refractivity contribution in [2.75, 3.05) is 5.32 Å². The summed E-state index contributed by atoms with van der Waals surface area (Å²) in [5, 5.41) is 2.74. The van der Waals surface area contributed by atoms with Crippen LogP contribution in [0.3, 0.4) is 0 Å². The molecule has 2 aromatic heterocycles. The molecule has 0 saturated heterocycles. The van der Waals surface area contributed by atoms with E-state index in [4.69, 9.17) is 8.83 Å². The normalized spacial score (nSPS) is 11.4. The molecule has 0 radical (unpaired) electrons. The summed E-state index contributed by atoms with van der Waals surface area (Å²) in [6.07, 6.45) is 1.31. The Balaban J connectivity index is 1.54. The quantitative estimate of drug-likeness (QED) is 0.467. The average molecular weight is 436 g/mol. The van der Waals surface area contributed by atoms with E-state index in [0.717, 1.165) is 11.5 Å². The maximum Gasteiger partial charge on any atom is 0.291 e. The number of carbonyl (C=O) groups is 1. The molecule has 0 aliphatic rings. The predicted octanol–water partition coefficient (Wildman–Crippen LogP) is 4.78. The molecule has 7 nitrogen and oxygen atoms in total. The third-order valence-corrected chi connectivity index (χ3v) is 6.48. The van der Waals surface area contributed by atoms with Crippen LogP contribution in [-0.4, -0.2) is 19.3 Å². The standard InChI is InChI=1S/C23H20N2O5S/c1-15-16(2)30-23(24-15)17-7-6-8-19(13-17)25-22(26)21-18(11-12-29-21)14-31(27,28)20-9-4-3-5-10-20/h3-13H,14H2,1-2H3,(H,25,26). The number of aromatic nitrogens is 1. The number of furan rings is 1. The molecule has 4 aromatic rings. The number of sulfone groups is 1. The topological polar surface area (TPSA) is 102 Å². The van der Waals surface area contributed by atoms with Crippen molar-refractivity contribution in [3.63, 3.8) is 0 Å². The van der Waals surface area contributed by atoms with Crippen molar-refractivity contribution < 1.29 is 22.0 Å². The second-order valence-corrected chi connectivity index (χ2v) is 9.03. The molecule has 2 aromatic carbocycles. The number of amides is 1. The zero-order valence-corrected chi connectivity index (χ0v) is 17.8. The monoisotopic (exact) mass is 436 g/mol. The Bertz CT molecular complexity index is 1320. The number of nitrogens with zero attached hydrogens (tertiary/aromatic N) is 1. The van der Waals surface area contributed by atoms with Gasteiger partial charge in [0.15, 0.2) is 15.6 Å². The van der Waals surface area contributed by atoms with Crippen molar-refractivity contribution in [3.8, 4) is 11.5 Å².